The van der Waals surface area contributed by atoms with Crippen LogP contribution >= 0.6 is 0 Å². The maximum absolute atomic E-state index is 13.9. The molecule has 246 valence electrons. The minimum atomic E-state index is -1.99. The maximum Gasteiger partial charge on any atom is 0.338 e. The van der Waals surface area contributed by atoms with Gasteiger partial charge in [-0.3, -0.25) is 14.4 Å². The summed E-state index contributed by atoms with van der Waals surface area (Å²) in [6.45, 7) is 10.5. The van der Waals surface area contributed by atoms with Crippen molar-refractivity contribution in [1.82, 2.24) is 0 Å². The van der Waals surface area contributed by atoms with Gasteiger partial charge in [0.25, 0.3) is 0 Å². The lowest BCUT2D eigenvalue weighted by Crippen LogP contribution is -2.79. The summed E-state index contributed by atoms with van der Waals surface area (Å²) >= 11 is 0. The van der Waals surface area contributed by atoms with E-state index in [0.717, 1.165) is 0 Å². The van der Waals surface area contributed by atoms with Gasteiger partial charge in [-0.2, -0.15) is 0 Å². The molecule has 45 heavy (non-hydrogen) atoms. The van der Waals surface area contributed by atoms with Gasteiger partial charge in [0.2, 0.25) is 0 Å². The van der Waals surface area contributed by atoms with Gasteiger partial charge in [-0.1, -0.05) is 38.1 Å². The van der Waals surface area contributed by atoms with Crippen molar-refractivity contribution >= 4 is 23.9 Å². The fourth-order valence-electron chi connectivity index (χ4n) is 7.82. The number of aliphatic hydroxyl groups is 2. The second-order valence-electron chi connectivity index (χ2n) is 13.3. The summed E-state index contributed by atoms with van der Waals surface area (Å²) in [4.78, 5) is 50.6. The highest BCUT2D eigenvalue weighted by Gasteiger charge is 2.83. The topological polar surface area (TPSA) is 167 Å². The Bertz CT molecular complexity index is 1390. The summed E-state index contributed by atoms with van der Waals surface area (Å²) in [5.41, 5.74) is -5.32. The van der Waals surface area contributed by atoms with Crippen molar-refractivity contribution in [1.29, 1.82) is 0 Å². The molecule has 0 radical (unpaired) electrons. The van der Waals surface area contributed by atoms with E-state index in [0.29, 0.717) is 5.57 Å². The molecule has 2 aliphatic heterocycles. The number of hydrogen-bond donors (Lipinski definition) is 2. The lowest BCUT2D eigenvalue weighted by atomic mass is 9.53. The van der Waals surface area contributed by atoms with Crippen LogP contribution in [0, 0.1) is 11.3 Å². The number of fused-ring (bicyclic) bond motifs is 1. The number of carbonyl (C=O) groups is 4. The van der Waals surface area contributed by atoms with Crippen molar-refractivity contribution in [3.63, 3.8) is 0 Å². The van der Waals surface area contributed by atoms with Gasteiger partial charge in [-0.05, 0) is 31.6 Å². The Balaban J connectivity index is 1.72. The summed E-state index contributed by atoms with van der Waals surface area (Å²) in [5.74, 6) is -3.79. The van der Waals surface area contributed by atoms with Crippen LogP contribution in [0.15, 0.2) is 42.0 Å². The van der Waals surface area contributed by atoms with Crippen molar-refractivity contribution in [2.45, 2.75) is 115 Å². The average molecular weight is 631 g/mol. The SMILES string of the molecule is CC(=O)O[C@H]1C[C@@](O)([C@@H](OC(=O)c2ccccc2)C2[C@@]3(O[C@H]3[C@@H](C)OC(C)=O)[C@@H](O)C[C@H]3OC[C@@]23OC(C)=O)C(C)(C)C=C1C. The number of rotatable bonds is 8. The van der Waals surface area contributed by atoms with Crippen molar-refractivity contribution in [2.75, 3.05) is 6.61 Å². The summed E-state index contributed by atoms with van der Waals surface area (Å²) in [6, 6.07) is 8.18. The summed E-state index contributed by atoms with van der Waals surface area (Å²) in [5, 5.41) is 24.7. The Labute approximate surface area is 261 Å². The Morgan fingerprint density at radius 3 is 2.22 bits per heavy atom. The van der Waals surface area contributed by atoms with Crippen LogP contribution < -0.4 is 0 Å². The van der Waals surface area contributed by atoms with Crippen LogP contribution in [0.25, 0.3) is 0 Å². The predicted molar refractivity (Wildman–Crippen MR) is 155 cm³/mol. The van der Waals surface area contributed by atoms with Crippen LogP contribution in [0.3, 0.4) is 0 Å². The van der Waals surface area contributed by atoms with E-state index in [2.05, 4.69) is 0 Å². The first-order valence-corrected chi connectivity index (χ1v) is 15.2. The molecular weight excluding hydrogens is 588 g/mol. The molecule has 2 N–H and O–H groups in total. The third kappa shape index (κ3) is 5.45. The van der Waals surface area contributed by atoms with Gasteiger partial charge in [-0.15, -0.1) is 0 Å². The molecule has 0 amide bonds. The zero-order chi connectivity index (χ0) is 33.1. The third-order valence-electron chi connectivity index (χ3n) is 9.89. The number of ether oxygens (including phenoxy) is 6. The highest BCUT2D eigenvalue weighted by molar-refractivity contribution is 5.89. The molecule has 0 aromatic heterocycles. The van der Waals surface area contributed by atoms with E-state index in [-0.39, 0.29) is 25.0 Å². The summed E-state index contributed by atoms with van der Waals surface area (Å²) in [6.07, 6.45) is -4.68. The Hall–Kier alpha value is -3.32. The average Bonchev–Trinajstić information content (AvgIpc) is 3.68. The van der Waals surface area contributed by atoms with E-state index in [1.54, 1.807) is 64.1 Å². The van der Waals surface area contributed by atoms with Crippen molar-refractivity contribution < 1.29 is 57.8 Å². The molecule has 2 saturated heterocycles. The van der Waals surface area contributed by atoms with Crippen LogP contribution in [0.2, 0.25) is 0 Å². The van der Waals surface area contributed by atoms with Gasteiger partial charge in [0, 0.05) is 39.0 Å². The van der Waals surface area contributed by atoms with E-state index < -0.39 is 88.6 Å². The monoisotopic (exact) mass is 630 g/mol. The molecule has 12 nitrogen and oxygen atoms in total. The van der Waals surface area contributed by atoms with Gasteiger partial charge in [-0.25, -0.2) is 4.79 Å². The molecule has 2 heterocycles. The maximum atomic E-state index is 13.9. The van der Waals surface area contributed by atoms with Crippen LogP contribution in [0.5, 0.6) is 0 Å². The summed E-state index contributed by atoms with van der Waals surface area (Å²) in [7, 11) is 0. The molecule has 10 atom stereocenters. The molecule has 1 saturated carbocycles. The van der Waals surface area contributed by atoms with Gasteiger partial charge < -0.3 is 38.6 Å². The minimum Gasteiger partial charge on any atom is -0.460 e. The molecule has 5 rings (SSSR count). The number of esters is 4. The molecule has 1 aromatic rings. The number of aliphatic hydroxyl groups excluding tert-OH is 1. The molecular formula is C33H42O12. The lowest BCUT2D eigenvalue weighted by molar-refractivity contribution is -0.335. The number of benzene rings is 1. The molecule has 12 heteroatoms. The molecule has 1 unspecified atom stereocenters. The molecule has 3 fully saturated rings. The van der Waals surface area contributed by atoms with E-state index >= 15 is 0 Å². The Morgan fingerprint density at radius 2 is 1.67 bits per heavy atom. The fourth-order valence-corrected chi connectivity index (χ4v) is 7.82. The first-order chi connectivity index (χ1) is 21.0. The summed E-state index contributed by atoms with van der Waals surface area (Å²) < 4.78 is 35.6. The van der Waals surface area contributed by atoms with Crippen LogP contribution in [-0.4, -0.2) is 94.1 Å². The molecule has 1 spiro atoms. The quantitative estimate of drug-likeness (QED) is 0.187. The molecule has 0 bridgehead atoms. The fraction of sp³-hybridized carbons (Fsp3) is 0.636. The molecule has 4 aliphatic rings. The van der Waals surface area contributed by atoms with Crippen molar-refractivity contribution in [3.05, 3.63) is 47.5 Å². The number of hydrogen-bond acceptors (Lipinski definition) is 12. The van der Waals surface area contributed by atoms with Gasteiger partial charge in [0.15, 0.2) is 5.60 Å². The number of carbonyl (C=O) groups excluding carboxylic acids is 4. The Morgan fingerprint density at radius 1 is 1.00 bits per heavy atom. The van der Waals surface area contributed by atoms with E-state index in [1.165, 1.54) is 20.8 Å². The van der Waals surface area contributed by atoms with Crippen molar-refractivity contribution in [2.24, 2.45) is 11.3 Å². The van der Waals surface area contributed by atoms with Gasteiger partial charge in [0.05, 0.1) is 24.2 Å². The largest absolute Gasteiger partial charge is 0.460 e. The van der Waals surface area contributed by atoms with Gasteiger partial charge in [0.1, 0.15) is 41.7 Å². The van der Waals surface area contributed by atoms with Gasteiger partial charge >= 0.3 is 23.9 Å². The minimum absolute atomic E-state index is 0.00330. The first kappa shape index (κ1) is 33.1. The number of epoxide rings is 1. The standard InChI is InChI=1S/C33H42O12/c1-17-14-30(6,7)32(39,15-23(17)42-20(4)35)28(43-29(38)22-11-9-8-10-12-22)26-31(44-21(5)36)16-40-25(31)13-24(37)33(26)27(45-33)18(2)41-19(3)34/h8-12,14,18,23-28,37,39H,13,15-16H2,1-7H3/t18-,23+,24+,25-,26?,27+,28+,31+,32-,33+/m1/s1. The molecule has 1 aromatic carbocycles. The zero-order valence-electron chi connectivity index (χ0n) is 26.6. The normalized spacial score (nSPS) is 37.5. The second-order valence-corrected chi connectivity index (χ2v) is 13.3. The van der Waals surface area contributed by atoms with Crippen LogP contribution in [-0.2, 0) is 42.8 Å². The van der Waals surface area contributed by atoms with E-state index in [9.17, 15) is 29.4 Å². The highest BCUT2D eigenvalue weighted by atomic mass is 16.7. The third-order valence-corrected chi connectivity index (χ3v) is 9.89. The first-order valence-electron chi connectivity index (χ1n) is 15.2. The van der Waals surface area contributed by atoms with Crippen molar-refractivity contribution in [3.8, 4) is 0 Å². The smallest absolute Gasteiger partial charge is 0.338 e. The Kier molecular flexibility index (Phi) is 8.44. The van der Waals surface area contributed by atoms with E-state index in [4.69, 9.17) is 28.4 Å². The van der Waals surface area contributed by atoms with Crippen LogP contribution in [0.1, 0.15) is 71.7 Å². The predicted octanol–water partition coefficient (Wildman–Crippen LogP) is 2.42. The highest BCUT2D eigenvalue weighted by Crippen LogP contribution is 2.65. The zero-order valence-corrected chi connectivity index (χ0v) is 26.6. The molecule has 2 aliphatic carbocycles. The van der Waals surface area contributed by atoms with E-state index in [1.807, 2.05) is 0 Å². The van der Waals surface area contributed by atoms with Crippen LogP contribution in [0.4, 0.5) is 0 Å². The lowest BCUT2D eigenvalue weighted by Gasteiger charge is -2.62. The second kappa shape index (κ2) is 11.5.